The summed E-state index contributed by atoms with van der Waals surface area (Å²) in [6.45, 7) is 7.29. The predicted octanol–water partition coefficient (Wildman–Crippen LogP) is 6.28. The molecule has 324 valence electrons. The average molecular weight is 848 g/mol. The van der Waals surface area contributed by atoms with Crippen molar-refractivity contribution in [3.8, 4) is 0 Å². The van der Waals surface area contributed by atoms with Crippen LogP contribution in [0.1, 0.15) is 75.0 Å². The number of likely N-dealkylation sites (tertiary alicyclic amines) is 2. The predicted molar refractivity (Wildman–Crippen MR) is 218 cm³/mol. The third-order valence-electron chi connectivity index (χ3n) is 12.1. The molecule has 2 aromatic rings. The van der Waals surface area contributed by atoms with Crippen LogP contribution in [0.25, 0.3) is 0 Å². The maximum absolute atomic E-state index is 14.2. The van der Waals surface area contributed by atoms with Crippen LogP contribution in [0.4, 0.5) is 34.1 Å². The van der Waals surface area contributed by atoms with Gasteiger partial charge in [-0.05, 0) is 67.9 Å². The molecule has 13 nitrogen and oxygen atoms in total. The number of carbonyl (C=O) groups excluding carboxylic acids is 4. The fourth-order valence-electron chi connectivity index (χ4n) is 8.61. The number of fused-ring (bicyclic) bond motifs is 1. The maximum atomic E-state index is 14.2. The zero-order chi connectivity index (χ0) is 42.1. The smallest absolute Gasteiger partial charge is 0.418 e. The van der Waals surface area contributed by atoms with Crippen molar-refractivity contribution in [2.75, 3.05) is 83.1 Å². The van der Waals surface area contributed by atoms with E-state index in [-0.39, 0.29) is 60.7 Å². The highest BCUT2D eigenvalue weighted by atomic mass is 35.5. The Morgan fingerprint density at radius 1 is 0.898 bits per heavy atom. The average Bonchev–Trinajstić information content (AvgIpc) is 3.39. The number of anilines is 2. The van der Waals surface area contributed by atoms with E-state index < -0.39 is 35.5 Å². The van der Waals surface area contributed by atoms with Crippen LogP contribution in [0.2, 0.25) is 5.02 Å². The highest BCUT2D eigenvalue weighted by molar-refractivity contribution is 6.33. The first-order valence-corrected chi connectivity index (χ1v) is 21.4. The Kier molecular flexibility index (Phi) is 15.2. The number of hydrogen-bond donors (Lipinski definition) is 2. The van der Waals surface area contributed by atoms with Crippen molar-refractivity contribution < 1.29 is 41.8 Å². The second kappa shape index (κ2) is 20.3. The summed E-state index contributed by atoms with van der Waals surface area (Å²) in [5, 5.41) is 2.68. The number of piperidine rings is 2. The number of benzene rings is 2. The number of urea groups is 1. The molecule has 4 aliphatic rings. The van der Waals surface area contributed by atoms with Crippen molar-refractivity contribution >= 4 is 47.0 Å². The number of esters is 1. The number of amides is 4. The summed E-state index contributed by atoms with van der Waals surface area (Å²) in [7, 11) is 0. The molecule has 17 heteroatoms. The lowest BCUT2D eigenvalue weighted by atomic mass is 10.0. The highest BCUT2D eigenvalue weighted by Gasteiger charge is 2.38. The Balaban J connectivity index is 1.04. The number of para-hydroxylation sites is 1. The van der Waals surface area contributed by atoms with Gasteiger partial charge in [-0.2, -0.15) is 13.2 Å². The van der Waals surface area contributed by atoms with Crippen LogP contribution in [0.15, 0.2) is 36.4 Å². The van der Waals surface area contributed by atoms with Gasteiger partial charge in [0.15, 0.2) is 6.10 Å². The standard InChI is InChI=1S/C42H57ClF3N7O6/c1-2-3-4-7-24-58-37(54)28-49-15-11-31(12-16-49)50-20-22-51(23-21-50)39(55)36(27-29-25-33(42(44,45)46)38(47)34(43)26-29)59-41(57)52-17-13-32(14-18-52)53-19-10-30-8-5-6-9-35(30)48-40(53)56/h5-6,8-9,25-26,31-32,36H,2-4,7,10-24,27-28,47H2,1H3,(H,48,56)/t36-/m1/s1. The number of carbonyl (C=O) groups is 4. The van der Waals surface area contributed by atoms with Gasteiger partial charge in [0.25, 0.3) is 5.91 Å². The summed E-state index contributed by atoms with van der Waals surface area (Å²) >= 11 is 6.15. The van der Waals surface area contributed by atoms with Crippen LogP contribution >= 0.6 is 11.6 Å². The van der Waals surface area contributed by atoms with Crippen molar-refractivity contribution in [3.63, 3.8) is 0 Å². The fourth-order valence-corrected chi connectivity index (χ4v) is 8.85. The van der Waals surface area contributed by atoms with Gasteiger partial charge in [0.1, 0.15) is 0 Å². The fraction of sp³-hybridized carbons (Fsp3) is 0.619. The SMILES string of the molecule is CCCCCCOC(=O)CN1CCC(N2CCN(C(=O)[C@@H](Cc3cc(Cl)c(N)c(C(F)(F)F)c3)OC(=O)N3CCC(N4CCc5ccccc5NC4=O)CC3)CC2)CC1. The van der Waals surface area contributed by atoms with Gasteiger partial charge < -0.3 is 35.2 Å². The van der Waals surface area contributed by atoms with Crippen molar-refractivity contribution in [2.45, 2.75) is 95.5 Å². The van der Waals surface area contributed by atoms with Crippen LogP contribution in [0.3, 0.4) is 0 Å². The van der Waals surface area contributed by atoms with E-state index in [2.05, 4.69) is 22.0 Å². The van der Waals surface area contributed by atoms with Gasteiger partial charge in [0.2, 0.25) is 0 Å². The van der Waals surface area contributed by atoms with E-state index in [1.54, 1.807) is 9.80 Å². The first-order chi connectivity index (χ1) is 28.3. The summed E-state index contributed by atoms with van der Waals surface area (Å²) in [6.07, 6.45) is 0.295. The van der Waals surface area contributed by atoms with Gasteiger partial charge in [-0.3, -0.25) is 19.4 Å². The third-order valence-corrected chi connectivity index (χ3v) is 12.4. The van der Waals surface area contributed by atoms with Crippen molar-refractivity contribution in [3.05, 3.63) is 58.1 Å². The summed E-state index contributed by atoms with van der Waals surface area (Å²) in [5.41, 5.74) is 5.83. The summed E-state index contributed by atoms with van der Waals surface area (Å²) < 4.78 is 53.1. The number of nitrogens with one attached hydrogen (secondary N) is 1. The normalized spacial score (nSPS) is 19.5. The minimum Gasteiger partial charge on any atom is -0.465 e. The monoisotopic (exact) mass is 847 g/mol. The van der Waals surface area contributed by atoms with Gasteiger partial charge >= 0.3 is 24.3 Å². The molecule has 4 aliphatic heterocycles. The van der Waals surface area contributed by atoms with Crippen LogP contribution in [-0.2, 0) is 38.1 Å². The minimum absolute atomic E-state index is 0.0559. The summed E-state index contributed by atoms with van der Waals surface area (Å²) in [4.78, 5) is 62.7. The Hall–Kier alpha value is -4.28. The van der Waals surface area contributed by atoms with E-state index in [0.29, 0.717) is 58.6 Å². The number of ether oxygens (including phenoxy) is 2. The number of nitrogens with zero attached hydrogens (tertiary/aromatic N) is 5. The molecule has 0 spiro atoms. The first-order valence-electron chi connectivity index (χ1n) is 21.0. The Morgan fingerprint density at radius 2 is 1.59 bits per heavy atom. The number of nitrogen functional groups attached to an aromatic ring is 1. The molecule has 1 atom stereocenters. The minimum atomic E-state index is -4.79. The van der Waals surface area contributed by atoms with Gasteiger partial charge in [-0.25, -0.2) is 9.59 Å². The molecule has 0 bridgehead atoms. The highest BCUT2D eigenvalue weighted by Crippen LogP contribution is 2.38. The number of nitrogens with two attached hydrogens (primary N) is 1. The number of halogens is 4. The quantitative estimate of drug-likeness (QED) is 0.136. The van der Waals surface area contributed by atoms with E-state index in [0.717, 1.165) is 68.9 Å². The molecular formula is C42H57ClF3N7O6. The number of rotatable bonds is 13. The van der Waals surface area contributed by atoms with E-state index >= 15 is 0 Å². The van der Waals surface area contributed by atoms with Gasteiger partial charge in [-0.15, -0.1) is 0 Å². The van der Waals surface area contributed by atoms with E-state index in [1.807, 2.05) is 24.3 Å². The van der Waals surface area contributed by atoms with E-state index in [4.69, 9.17) is 26.8 Å². The van der Waals surface area contributed by atoms with E-state index in [1.165, 1.54) is 11.0 Å². The molecular weight excluding hydrogens is 791 g/mol. The summed E-state index contributed by atoms with van der Waals surface area (Å²) in [6, 6.07) is 9.75. The van der Waals surface area contributed by atoms with Crippen molar-refractivity contribution in [1.82, 2.24) is 24.5 Å². The molecule has 4 amide bonds. The van der Waals surface area contributed by atoms with Crippen LogP contribution < -0.4 is 11.1 Å². The zero-order valence-electron chi connectivity index (χ0n) is 33.8. The topological polar surface area (TPSA) is 141 Å². The molecule has 2 aromatic carbocycles. The lowest BCUT2D eigenvalue weighted by Gasteiger charge is -2.43. The van der Waals surface area contributed by atoms with Crippen molar-refractivity contribution in [2.24, 2.45) is 0 Å². The number of hydrogen-bond acceptors (Lipinski definition) is 9. The van der Waals surface area contributed by atoms with E-state index in [9.17, 15) is 32.3 Å². The molecule has 3 fully saturated rings. The van der Waals surface area contributed by atoms with Crippen LogP contribution in [0.5, 0.6) is 0 Å². The third kappa shape index (κ3) is 11.7. The Morgan fingerprint density at radius 3 is 2.29 bits per heavy atom. The number of piperazine rings is 1. The molecule has 0 saturated carbocycles. The zero-order valence-corrected chi connectivity index (χ0v) is 34.6. The largest absolute Gasteiger partial charge is 0.465 e. The molecule has 3 N–H and O–H groups in total. The second-order valence-corrected chi connectivity index (χ2v) is 16.4. The molecule has 0 aromatic heterocycles. The van der Waals surface area contributed by atoms with Crippen LogP contribution in [-0.4, -0.2) is 139 Å². The maximum Gasteiger partial charge on any atom is 0.418 e. The Bertz CT molecular complexity index is 1780. The van der Waals surface area contributed by atoms with Gasteiger partial charge in [0.05, 0.1) is 29.4 Å². The lowest BCUT2D eigenvalue weighted by Crippen LogP contribution is -2.57. The number of alkyl halides is 3. The number of unbranched alkanes of at least 4 members (excludes halogenated alkanes) is 3. The molecule has 3 saturated heterocycles. The first kappa shape index (κ1) is 44.3. The van der Waals surface area contributed by atoms with Crippen molar-refractivity contribution in [1.29, 1.82) is 0 Å². The molecule has 4 heterocycles. The molecule has 0 radical (unpaired) electrons. The lowest BCUT2D eigenvalue weighted by molar-refractivity contribution is -0.145. The Labute approximate surface area is 349 Å². The molecule has 0 unspecified atom stereocenters. The van der Waals surface area contributed by atoms with Crippen LogP contribution in [0, 0.1) is 0 Å². The second-order valence-electron chi connectivity index (χ2n) is 16.0. The molecule has 59 heavy (non-hydrogen) atoms. The van der Waals surface area contributed by atoms with Gasteiger partial charge in [0, 0.05) is 83.1 Å². The molecule has 0 aliphatic carbocycles. The summed E-state index contributed by atoms with van der Waals surface area (Å²) in [5.74, 6) is -0.700. The van der Waals surface area contributed by atoms with Gasteiger partial charge in [-0.1, -0.05) is 56.0 Å². The molecule has 6 rings (SSSR count).